The summed E-state index contributed by atoms with van der Waals surface area (Å²) in [7, 11) is 0. The number of halogens is 2. The van der Waals surface area contributed by atoms with E-state index in [1.807, 2.05) is 0 Å². The number of carbonyl (C=O) groups excluding carboxylic acids is 1. The maximum atomic E-state index is 12.3. The molecule has 3 aromatic rings. The number of amides is 1. The van der Waals surface area contributed by atoms with E-state index in [1.165, 1.54) is 35.6 Å². The van der Waals surface area contributed by atoms with Crippen molar-refractivity contribution in [2.24, 2.45) is 5.10 Å². The number of benzene rings is 2. The number of nitrogens with one attached hydrogen (secondary N) is 1. The predicted octanol–water partition coefficient (Wildman–Crippen LogP) is 5.04. The fourth-order valence-electron chi connectivity index (χ4n) is 2.56. The Bertz CT molecular complexity index is 1160. The lowest BCUT2D eigenvalue weighted by Crippen LogP contribution is -2.19. The van der Waals surface area contributed by atoms with Gasteiger partial charge in [-0.1, -0.05) is 29.3 Å². The summed E-state index contributed by atoms with van der Waals surface area (Å²) in [5, 5.41) is 25.8. The number of carboxylic acids is 1. The maximum absolute atomic E-state index is 12.3. The van der Waals surface area contributed by atoms with E-state index in [-0.39, 0.29) is 5.75 Å². The number of rotatable bonds is 7. The molecule has 1 amide bonds. The Hall–Kier alpha value is -3.07. The first kappa shape index (κ1) is 22.6. The Balaban J connectivity index is 1.70. The third kappa shape index (κ3) is 5.55. The molecular formula is C21H16Cl2N2O5S. The number of aromatic hydroxyl groups is 1. The van der Waals surface area contributed by atoms with Gasteiger partial charge in [0.2, 0.25) is 0 Å². The van der Waals surface area contributed by atoms with E-state index in [2.05, 4.69) is 10.5 Å². The Labute approximate surface area is 191 Å². The zero-order valence-electron chi connectivity index (χ0n) is 16.1. The molecule has 0 aliphatic rings. The molecule has 3 rings (SSSR count). The minimum atomic E-state index is -1.09. The zero-order chi connectivity index (χ0) is 22.5. The second kappa shape index (κ2) is 9.82. The second-order valence-corrected chi connectivity index (χ2v) is 7.99. The van der Waals surface area contributed by atoms with Gasteiger partial charge in [0.25, 0.3) is 5.91 Å². The summed E-state index contributed by atoms with van der Waals surface area (Å²) in [6, 6.07) is 11.0. The molecule has 0 unspecified atom stereocenters. The van der Waals surface area contributed by atoms with E-state index in [0.717, 1.165) is 0 Å². The van der Waals surface area contributed by atoms with E-state index >= 15 is 0 Å². The van der Waals surface area contributed by atoms with Gasteiger partial charge >= 0.3 is 5.97 Å². The average molecular weight is 479 g/mol. The molecule has 3 N–H and O–H groups in total. The van der Waals surface area contributed by atoms with Crippen molar-refractivity contribution in [2.75, 3.05) is 6.61 Å². The van der Waals surface area contributed by atoms with Crippen LogP contribution in [-0.4, -0.2) is 34.4 Å². The first-order chi connectivity index (χ1) is 14.8. The molecular weight excluding hydrogens is 463 g/mol. The molecule has 0 spiro atoms. The highest BCUT2D eigenvalue weighted by Gasteiger charge is 2.16. The van der Waals surface area contributed by atoms with Crippen LogP contribution in [0.25, 0.3) is 10.4 Å². The van der Waals surface area contributed by atoms with E-state index in [4.69, 9.17) is 33.0 Å². The smallest absolute Gasteiger partial charge is 0.341 e. The van der Waals surface area contributed by atoms with Gasteiger partial charge < -0.3 is 14.9 Å². The number of carboxylic acid groups (broad SMARTS) is 1. The number of carbonyl (C=O) groups is 2. The molecule has 0 radical (unpaired) electrons. The molecule has 0 atom stereocenters. The van der Waals surface area contributed by atoms with E-state index in [1.54, 1.807) is 30.5 Å². The highest BCUT2D eigenvalue weighted by atomic mass is 35.5. The van der Waals surface area contributed by atoms with Crippen molar-refractivity contribution in [1.82, 2.24) is 5.43 Å². The quantitative estimate of drug-likeness (QED) is 0.325. The number of hydrogen-bond acceptors (Lipinski definition) is 6. The first-order valence-corrected chi connectivity index (χ1v) is 10.5. The van der Waals surface area contributed by atoms with E-state index in [0.29, 0.717) is 43.1 Å². The van der Waals surface area contributed by atoms with Crippen molar-refractivity contribution >= 4 is 52.1 Å². The minimum absolute atomic E-state index is 0.0267. The van der Waals surface area contributed by atoms with Crippen molar-refractivity contribution in [3.8, 4) is 21.9 Å². The van der Waals surface area contributed by atoms with Gasteiger partial charge in [-0.05, 0) is 48.9 Å². The molecule has 2 aromatic carbocycles. The van der Waals surface area contributed by atoms with Crippen LogP contribution in [0.1, 0.15) is 22.8 Å². The maximum Gasteiger partial charge on any atom is 0.341 e. The van der Waals surface area contributed by atoms with Crippen LogP contribution in [0.5, 0.6) is 11.5 Å². The lowest BCUT2D eigenvalue weighted by atomic mass is 10.1. The standard InChI is InChI=1S/C21H16Cl2N2O5S/c1-11(15-10-31-20(19(15)28)13-4-7-16(22)17(23)8-13)24-25-21(29)12-2-5-14(6-3-12)30-9-18(26)27/h2-8,10,28H,9H2,1H3,(H,25,29)(H,26,27). The zero-order valence-corrected chi connectivity index (χ0v) is 18.4. The topological polar surface area (TPSA) is 108 Å². The number of hydrazone groups is 1. The largest absolute Gasteiger partial charge is 0.506 e. The normalized spacial score (nSPS) is 11.3. The molecule has 10 heteroatoms. The molecule has 7 nitrogen and oxygen atoms in total. The Morgan fingerprint density at radius 1 is 1.13 bits per heavy atom. The minimum Gasteiger partial charge on any atom is -0.506 e. The third-order valence-corrected chi connectivity index (χ3v) is 5.90. The summed E-state index contributed by atoms with van der Waals surface area (Å²) in [6.45, 7) is 1.19. The van der Waals surface area contributed by atoms with Gasteiger partial charge in [-0.3, -0.25) is 4.79 Å². The van der Waals surface area contributed by atoms with Crippen LogP contribution in [0.3, 0.4) is 0 Å². The number of thiophene rings is 1. The molecule has 0 saturated carbocycles. The van der Waals surface area contributed by atoms with Crippen molar-refractivity contribution in [2.45, 2.75) is 6.92 Å². The summed E-state index contributed by atoms with van der Waals surface area (Å²) in [4.78, 5) is 23.4. The molecule has 0 saturated heterocycles. The SMILES string of the molecule is CC(=NNC(=O)c1ccc(OCC(=O)O)cc1)c1csc(-c2ccc(Cl)c(Cl)c2)c1O. The van der Waals surface area contributed by atoms with Gasteiger partial charge in [0.1, 0.15) is 11.5 Å². The molecule has 1 heterocycles. The predicted molar refractivity (Wildman–Crippen MR) is 121 cm³/mol. The first-order valence-electron chi connectivity index (χ1n) is 8.81. The Morgan fingerprint density at radius 2 is 1.84 bits per heavy atom. The Morgan fingerprint density at radius 3 is 2.48 bits per heavy atom. The number of aliphatic carboxylic acids is 1. The monoisotopic (exact) mass is 478 g/mol. The molecule has 0 fully saturated rings. The van der Waals surface area contributed by atoms with Gasteiger partial charge in [-0.15, -0.1) is 11.3 Å². The summed E-state index contributed by atoms with van der Waals surface area (Å²) in [5.74, 6) is -1.20. The van der Waals surface area contributed by atoms with Gasteiger partial charge in [0, 0.05) is 10.9 Å². The lowest BCUT2D eigenvalue weighted by Gasteiger charge is -2.05. The van der Waals surface area contributed by atoms with Gasteiger partial charge in [-0.25, -0.2) is 10.2 Å². The van der Waals surface area contributed by atoms with Crippen LogP contribution in [0, 0.1) is 0 Å². The van der Waals surface area contributed by atoms with Crippen LogP contribution >= 0.6 is 34.5 Å². The average Bonchev–Trinajstić information content (AvgIpc) is 3.14. The molecule has 0 aliphatic carbocycles. The highest BCUT2D eigenvalue weighted by Crippen LogP contribution is 2.40. The number of hydrogen-bond donors (Lipinski definition) is 3. The molecule has 0 bridgehead atoms. The number of nitrogens with zero attached hydrogens (tertiary/aromatic N) is 1. The van der Waals surface area contributed by atoms with Gasteiger partial charge in [0.05, 0.1) is 26.2 Å². The molecule has 31 heavy (non-hydrogen) atoms. The lowest BCUT2D eigenvalue weighted by molar-refractivity contribution is -0.139. The van der Waals surface area contributed by atoms with E-state index < -0.39 is 18.5 Å². The highest BCUT2D eigenvalue weighted by molar-refractivity contribution is 7.14. The van der Waals surface area contributed by atoms with Crippen molar-refractivity contribution in [3.63, 3.8) is 0 Å². The fraction of sp³-hybridized carbons (Fsp3) is 0.0952. The van der Waals surface area contributed by atoms with Crippen LogP contribution in [0.2, 0.25) is 10.0 Å². The second-order valence-electron chi connectivity index (χ2n) is 6.30. The van der Waals surface area contributed by atoms with Gasteiger partial charge in [0.15, 0.2) is 6.61 Å². The molecule has 0 aliphatic heterocycles. The third-order valence-electron chi connectivity index (χ3n) is 4.14. The van der Waals surface area contributed by atoms with Crippen LogP contribution < -0.4 is 10.2 Å². The number of ether oxygens (including phenoxy) is 1. The van der Waals surface area contributed by atoms with Crippen molar-refractivity contribution < 1.29 is 24.5 Å². The molecule has 1 aromatic heterocycles. The Kier molecular flexibility index (Phi) is 7.17. The van der Waals surface area contributed by atoms with Crippen LogP contribution in [-0.2, 0) is 4.79 Å². The van der Waals surface area contributed by atoms with E-state index in [9.17, 15) is 14.7 Å². The summed E-state index contributed by atoms with van der Waals surface area (Å²) in [6.07, 6.45) is 0. The fourth-order valence-corrected chi connectivity index (χ4v) is 3.86. The van der Waals surface area contributed by atoms with Gasteiger partial charge in [-0.2, -0.15) is 5.10 Å². The summed E-state index contributed by atoms with van der Waals surface area (Å²) < 4.78 is 5.02. The van der Waals surface area contributed by atoms with Crippen molar-refractivity contribution in [1.29, 1.82) is 0 Å². The summed E-state index contributed by atoms with van der Waals surface area (Å²) >= 11 is 13.3. The van der Waals surface area contributed by atoms with Crippen LogP contribution in [0.15, 0.2) is 52.9 Å². The summed E-state index contributed by atoms with van der Waals surface area (Å²) in [5.41, 5.74) is 4.34. The van der Waals surface area contributed by atoms with Crippen LogP contribution in [0.4, 0.5) is 0 Å². The van der Waals surface area contributed by atoms with Crippen molar-refractivity contribution in [3.05, 3.63) is 69.0 Å². The molecule has 160 valence electrons.